The lowest BCUT2D eigenvalue weighted by atomic mass is 10.1. The Bertz CT molecular complexity index is 987. The van der Waals surface area contributed by atoms with Crippen LogP contribution in [0.25, 0.3) is 10.9 Å². The van der Waals surface area contributed by atoms with Gasteiger partial charge in [0, 0.05) is 11.9 Å². The van der Waals surface area contributed by atoms with Gasteiger partial charge in [0.2, 0.25) is 0 Å². The van der Waals surface area contributed by atoms with E-state index >= 15 is 0 Å². The van der Waals surface area contributed by atoms with E-state index in [-0.39, 0.29) is 11.5 Å². The normalized spacial score (nSPS) is 10.6. The number of hydrogen-bond donors (Lipinski definition) is 1. The van der Waals surface area contributed by atoms with E-state index in [0.717, 1.165) is 16.5 Å². The van der Waals surface area contributed by atoms with Crippen LogP contribution in [0.1, 0.15) is 11.1 Å². The van der Waals surface area contributed by atoms with E-state index in [2.05, 4.69) is 21.1 Å². The van der Waals surface area contributed by atoms with E-state index in [9.17, 15) is 14.0 Å². The molecule has 1 heterocycles. The summed E-state index contributed by atoms with van der Waals surface area (Å²) in [5, 5.41) is 13.4. The van der Waals surface area contributed by atoms with Gasteiger partial charge in [0.25, 0.3) is 0 Å². The number of fused-ring (bicyclic) bond motifs is 1. The molecule has 0 aliphatic rings. The highest BCUT2D eigenvalue weighted by atomic mass is 19.3. The van der Waals surface area contributed by atoms with Crippen LogP contribution in [0.15, 0.2) is 48.5 Å². The molecule has 3 rings (SSSR count). The SMILES string of the molecule is COc1cc(CCNc2nc3ccccc3cc2C#N)ccc1OC(F)F. The minimum atomic E-state index is -2.91. The van der Waals surface area contributed by atoms with Crippen molar-refractivity contribution >= 4 is 16.7 Å². The molecule has 0 amide bonds. The molecule has 5 nitrogen and oxygen atoms in total. The number of aromatic nitrogens is 1. The second-order valence-electron chi connectivity index (χ2n) is 5.73. The first-order chi connectivity index (χ1) is 13.1. The summed E-state index contributed by atoms with van der Waals surface area (Å²) in [5.41, 5.74) is 2.14. The first kappa shape index (κ1) is 18.4. The van der Waals surface area contributed by atoms with Crippen LogP contribution in [-0.2, 0) is 6.42 Å². The molecule has 0 fully saturated rings. The smallest absolute Gasteiger partial charge is 0.387 e. The first-order valence-corrected chi connectivity index (χ1v) is 8.26. The molecule has 2 aromatic carbocycles. The van der Waals surface area contributed by atoms with Crippen molar-refractivity contribution in [1.82, 2.24) is 4.98 Å². The Morgan fingerprint density at radius 2 is 1.96 bits per heavy atom. The zero-order valence-electron chi connectivity index (χ0n) is 14.6. The maximum Gasteiger partial charge on any atom is 0.387 e. The van der Waals surface area contributed by atoms with Gasteiger partial charge in [-0.15, -0.1) is 0 Å². The number of rotatable bonds is 7. The van der Waals surface area contributed by atoms with E-state index in [1.807, 2.05) is 24.3 Å². The number of nitriles is 1. The Kier molecular flexibility index (Phi) is 5.67. The molecule has 138 valence electrons. The number of pyridine rings is 1. The average molecular weight is 369 g/mol. The summed E-state index contributed by atoms with van der Waals surface area (Å²) >= 11 is 0. The summed E-state index contributed by atoms with van der Waals surface area (Å²) in [5.74, 6) is 0.752. The summed E-state index contributed by atoms with van der Waals surface area (Å²) in [4.78, 5) is 4.50. The van der Waals surface area contributed by atoms with Gasteiger partial charge in [-0.3, -0.25) is 0 Å². The van der Waals surface area contributed by atoms with Gasteiger partial charge in [-0.1, -0.05) is 24.3 Å². The van der Waals surface area contributed by atoms with Crippen LogP contribution in [0.5, 0.6) is 11.5 Å². The lowest BCUT2D eigenvalue weighted by molar-refractivity contribution is -0.0512. The molecule has 7 heteroatoms. The van der Waals surface area contributed by atoms with Crippen LogP contribution >= 0.6 is 0 Å². The molecule has 0 bridgehead atoms. The standard InChI is InChI=1S/C20H17F2N3O2/c1-26-18-10-13(6-7-17(18)27-20(21)22)8-9-24-19-15(12-23)11-14-4-2-3-5-16(14)25-19/h2-7,10-11,20H,8-9H2,1H3,(H,24,25). The van der Waals surface area contributed by atoms with Crippen molar-refractivity contribution in [2.24, 2.45) is 0 Å². The molecule has 0 aliphatic heterocycles. The fraction of sp³-hybridized carbons (Fsp3) is 0.200. The third-order valence-corrected chi connectivity index (χ3v) is 3.99. The van der Waals surface area contributed by atoms with Crippen LogP contribution in [-0.4, -0.2) is 25.3 Å². The van der Waals surface area contributed by atoms with Gasteiger partial charge in [-0.05, 0) is 36.2 Å². The third kappa shape index (κ3) is 4.42. The van der Waals surface area contributed by atoms with Gasteiger partial charge in [-0.25, -0.2) is 4.98 Å². The van der Waals surface area contributed by atoms with E-state index in [4.69, 9.17) is 4.74 Å². The summed E-state index contributed by atoms with van der Waals surface area (Å²) < 4.78 is 34.3. The summed E-state index contributed by atoms with van der Waals surface area (Å²) in [6.45, 7) is -2.40. The van der Waals surface area contributed by atoms with Gasteiger partial charge in [0.15, 0.2) is 11.5 Å². The van der Waals surface area contributed by atoms with Crippen molar-refractivity contribution in [3.05, 3.63) is 59.7 Å². The Balaban J connectivity index is 1.71. The average Bonchev–Trinajstić information content (AvgIpc) is 2.68. The topological polar surface area (TPSA) is 67.2 Å². The molecule has 1 N–H and O–H groups in total. The first-order valence-electron chi connectivity index (χ1n) is 8.26. The molecule has 0 radical (unpaired) electrons. The second kappa shape index (κ2) is 8.32. The highest BCUT2D eigenvalue weighted by molar-refractivity contribution is 5.82. The van der Waals surface area contributed by atoms with Gasteiger partial charge < -0.3 is 14.8 Å². The fourth-order valence-electron chi connectivity index (χ4n) is 2.72. The lowest BCUT2D eigenvalue weighted by Crippen LogP contribution is -2.09. The third-order valence-electron chi connectivity index (χ3n) is 3.99. The Labute approximate surface area is 155 Å². The quantitative estimate of drug-likeness (QED) is 0.670. The number of anilines is 1. The number of methoxy groups -OCH3 is 1. The summed E-state index contributed by atoms with van der Waals surface area (Å²) in [7, 11) is 1.40. The van der Waals surface area contributed by atoms with Crippen LogP contribution in [0.2, 0.25) is 0 Å². The summed E-state index contributed by atoms with van der Waals surface area (Å²) in [6.07, 6.45) is 0.588. The predicted molar refractivity (Wildman–Crippen MR) is 98.3 cm³/mol. The molecular weight excluding hydrogens is 352 g/mol. The van der Waals surface area contributed by atoms with E-state index in [0.29, 0.717) is 24.3 Å². The molecule has 3 aromatic rings. The van der Waals surface area contributed by atoms with Crippen molar-refractivity contribution in [2.45, 2.75) is 13.0 Å². The van der Waals surface area contributed by atoms with Crippen molar-refractivity contribution in [2.75, 3.05) is 19.0 Å². The number of nitrogens with one attached hydrogen (secondary N) is 1. The van der Waals surface area contributed by atoms with Crippen molar-refractivity contribution in [3.8, 4) is 17.6 Å². The molecule has 0 atom stereocenters. The number of benzene rings is 2. The van der Waals surface area contributed by atoms with E-state index < -0.39 is 6.61 Å². The molecule has 0 aliphatic carbocycles. The van der Waals surface area contributed by atoms with E-state index in [1.54, 1.807) is 18.2 Å². The second-order valence-corrected chi connectivity index (χ2v) is 5.73. The monoisotopic (exact) mass is 369 g/mol. The van der Waals surface area contributed by atoms with Crippen LogP contribution < -0.4 is 14.8 Å². The number of nitrogens with zero attached hydrogens (tertiary/aromatic N) is 2. The molecule has 0 spiro atoms. The summed E-state index contributed by atoms with van der Waals surface area (Å²) in [6, 6.07) is 16.3. The van der Waals surface area contributed by atoms with Crippen LogP contribution in [0.4, 0.5) is 14.6 Å². The van der Waals surface area contributed by atoms with Crippen LogP contribution in [0.3, 0.4) is 0 Å². The van der Waals surface area contributed by atoms with E-state index in [1.165, 1.54) is 13.2 Å². The Morgan fingerprint density at radius 3 is 2.70 bits per heavy atom. The van der Waals surface area contributed by atoms with Gasteiger partial charge in [-0.2, -0.15) is 14.0 Å². The number of halogens is 2. The van der Waals surface area contributed by atoms with Gasteiger partial charge in [0.05, 0.1) is 18.2 Å². The molecule has 27 heavy (non-hydrogen) atoms. The highest BCUT2D eigenvalue weighted by Gasteiger charge is 2.11. The number of alkyl halides is 2. The van der Waals surface area contributed by atoms with Crippen LogP contribution in [0, 0.1) is 11.3 Å². The maximum atomic E-state index is 12.4. The number of ether oxygens (including phenoxy) is 2. The molecule has 0 saturated carbocycles. The Hall–Kier alpha value is -3.40. The lowest BCUT2D eigenvalue weighted by Gasteiger charge is -2.12. The zero-order chi connectivity index (χ0) is 19.2. The van der Waals surface area contributed by atoms with Gasteiger partial charge in [0.1, 0.15) is 11.9 Å². The molecular formula is C20H17F2N3O2. The zero-order valence-corrected chi connectivity index (χ0v) is 14.6. The number of para-hydroxylation sites is 1. The Morgan fingerprint density at radius 1 is 1.15 bits per heavy atom. The van der Waals surface area contributed by atoms with Crippen molar-refractivity contribution < 1.29 is 18.3 Å². The highest BCUT2D eigenvalue weighted by Crippen LogP contribution is 2.29. The largest absolute Gasteiger partial charge is 0.493 e. The fourth-order valence-corrected chi connectivity index (χ4v) is 2.72. The predicted octanol–water partition coefficient (Wildman–Crippen LogP) is 4.37. The molecule has 0 unspecified atom stereocenters. The number of hydrogen-bond acceptors (Lipinski definition) is 5. The minimum Gasteiger partial charge on any atom is -0.493 e. The van der Waals surface area contributed by atoms with Crippen molar-refractivity contribution in [3.63, 3.8) is 0 Å². The van der Waals surface area contributed by atoms with Crippen molar-refractivity contribution in [1.29, 1.82) is 5.26 Å². The minimum absolute atomic E-state index is 0.00725. The molecule has 0 saturated heterocycles. The maximum absolute atomic E-state index is 12.4. The molecule has 1 aromatic heterocycles. The van der Waals surface area contributed by atoms with Gasteiger partial charge >= 0.3 is 6.61 Å².